The average molecular weight is 438 g/mol. The Morgan fingerprint density at radius 2 is 1.74 bits per heavy atom. The Kier molecular flexibility index (Phi) is 6.56. The van der Waals surface area contributed by atoms with Crippen LogP contribution in [-0.2, 0) is 6.54 Å². The third-order valence-electron chi connectivity index (χ3n) is 6.00. The van der Waals surface area contributed by atoms with Gasteiger partial charge < -0.3 is 9.80 Å². The van der Waals surface area contributed by atoms with Gasteiger partial charge in [-0.15, -0.1) is 0 Å². The zero-order valence-corrected chi connectivity index (χ0v) is 18.8. The van der Waals surface area contributed by atoms with Crippen LogP contribution in [0, 0.1) is 0 Å². The standard InChI is InChI=1S/C24H28ClN5O/c1-28(20-12-14-26-15-13-20)16-19-17-30(22-10-8-18(25)9-11-22)23(27-19)24(31)29(2)21-6-4-3-5-7-21/h8-15,17,21H,3-7,16H2,1-2H3. The third-order valence-corrected chi connectivity index (χ3v) is 6.25. The predicted molar refractivity (Wildman–Crippen MR) is 124 cm³/mol. The first kappa shape index (κ1) is 21.4. The molecule has 1 fully saturated rings. The zero-order valence-electron chi connectivity index (χ0n) is 18.0. The Bertz CT molecular complexity index is 1010. The molecule has 6 nitrogen and oxygen atoms in total. The van der Waals surface area contributed by atoms with Crippen molar-refractivity contribution in [1.82, 2.24) is 19.4 Å². The topological polar surface area (TPSA) is 54.3 Å². The number of nitrogens with zero attached hydrogens (tertiary/aromatic N) is 5. The van der Waals surface area contributed by atoms with Crippen LogP contribution in [0.15, 0.2) is 55.0 Å². The van der Waals surface area contributed by atoms with E-state index in [1.165, 1.54) is 19.3 Å². The molecule has 2 aromatic heterocycles. The zero-order chi connectivity index (χ0) is 21.8. The molecule has 1 saturated carbocycles. The van der Waals surface area contributed by atoms with Crippen LogP contribution in [0.25, 0.3) is 5.69 Å². The van der Waals surface area contributed by atoms with Gasteiger partial charge in [-0.05, 0) is 49.2 Å². The quantitative estimate of drug-likeness (QED) is 0.546. The highest BCUT2D eigenvalue weighted by Gasteiger charge is 2.27. The van der Waals surface area contributed by atoms with Gasteiger partial charge in [-0.1, -0.05) is 30.9 Å². The first-order valence-corrected chi connectivity index (χ1v) is 11.1. The van der Waals surface area contributed by atoms with Crippen molar-refractivity contribution in [3.63, 3.8) is 0 Å². The van der Waals surface area contributed by atoms with Crippen LogP contribution < -0.4 is 4.90 Å². The normalized spacial score (nSPS) is 14.4. The van der Waals surface area contributed by atoms with Gasteiger partial charge in [0.25, 0.3) is 5.91 Å². The van der Waals surface area contributed by atoms with Gasteiger partial charge in [-0.2, -0.15) is 0 Å². The van der Waals surface area contributed by atoms with Crippen molar-refractivity contribution < 1.29 is 4.79 Å². The van der Waals surface area contributed by atoms with Crippen LogP contribution in [0.3, 0.4) is 0 Å². The summed E-state index contributed by atoms with van der Waals surface area (Å²) < 4.78 is 1.88. The van der Waals surface area contributed by atoms with E-state index in [0.29, 0.717) is 17.4 Å². The maximum Gasteiger partial charge on any atom is 0.290 e. The fourth-order valence-electron chi connectivity index (χ4n) is 4.18. The van der Waals surface area contributed by atoms with E-state index in [4.69, 9.17) is 16.6 Å². The van der Waals surface area contributed by atoms with E-state index in [1.54, 1.807) is 12.4 Å². The number of imidazole rings is 1. The van der Waals surface area contributed by atoms with E-state index in [1.807, 2.05) is 66.2 Å². The van der Waals surface area contributed by atoms with Gasteiger partial charge in [0, 0.05) is 55.1 Å². The van der Waals surface area contributed by atoms with E-state index < -0.39 is 0 Å². The van der Waals surface area contributed by atoms with Crippen LogP contribution >= 0.6 is 11.6 Å². The fraction of sp³-hybridized carbons (Fsp3) is 0.375. The lowest BCUT2D eigenvalue weighted by molar-refractivity contribution is 0.0682. The monoisotopic (exact) mass is 437 g/mol. The molecule has 1 aromatic carbocycles. The Morgan fingerprint density at radius 1 is 1.06 bits per heavy atom. The molecule has 31 heavy (non-hydrogen) atoms. The van der Waals surface area contributed by atoms with E-state index in [2.05, 4.69) is 9.88 Å². The second-order valence-corrected chi connectivity index (χ2v) is 8.61. The van der Waals surface area contributed by atoms with Crippen molar-refractivity contribution in [2.75, 3.05) is 19.0 Å². The highest BCUT2D eigenvalue weighted by atomic mass is 35.5. The van der Waals surface area contributed by atoms with Gasteiger partial charge in [-0.3, -0.25) is 14.3 Å². The summed E-state index contributed by atoms with van der Waals surface area (Å²) in [4.78, 5) is 26.3. The summed E-state index contributed by atoms with van der Waals surface area (Å²) in [6.07, 6.45) is 11.2. The maximum atomic E-state index is 13.5. The molecular weight excluding hydrogens is 410 g/mol. The Hall–Kier alpha value is -2.86. The van der Waals surface area contributed by atoms with E-state index in [9.17, 15) is 4.79 Å². The first-order chi connectivity index (χ1) is 15.0. The summed E-state index contributed by atoms with van der Waals surface area (Å²) in [5.74, 6) is 0.396. The second kappa shape index (κ2) is 9.52. The maximum absolute atomic E-state index is 13.5. The van der Waals surface area contributed by atoms with Gasteiger partial charge in [0.2, 0.25) is 5.82 Å². The predicted octanol–water partition coefficient (Wildman–Crippen LogP) is 4.96. The van der Waals surface area contributed by atoms with Crippen molar-refractivity contribution >= 4 is 23.2 Å². The lowest BCUT2D eigenvalue weighted by Gasteiger charge is -2.31. The molecule has 0 radical (unpaired) electrons. The lowest BCUT2D eigenvalue weighted by Crippen LogP contribution is -2.39. The molecule has 1 amide bonds. The van der Waals surface area contributed by atoms with Gasteiger partial charge in [0.15, 0.2) is 0 Å². The van der Waals surface area contributed by atoms with Crippen LogP contribution in [0.1, 0.15) is 48.4 Å². The summed E-state index contributed by atoms with van der Waals surface area (Å²) in [5.41, 5.74) is 2.74. The molecule has 2 heterocycles. The van der Waals surface area contributed by atoms with Gasteiger partial charge in [0.05, 0.1) is 12.2 Å². The Balaban J connectivity index is 1.65. The molecule has 0 saturated heterocycles. The number of anilines is 1. The van der Waals surface area contributed by atoms with Crippen molar-refractivity contribution in [3.05, 3.63) is 71.5 Å². The molecule has 7 heteroatoms. The summed E-state index contributed by atoms with van der Waals surface area (Å²) in [7, 11) is 3.91. The number of pyridine rings is 1. The summed E-state index contributed by atoms with van der Waals surface area (Å²) in [6, 6.07) is 11.7. The Labute approximate surface area is 188 Å². The molecule has 0 spiro atoms. The van der Waals surface area contributed by atoms with Crippen molar-refractivity contribution in [2.45, 2.75) is 44.7 Å². The summed E-state index contributed by atoms with van der Waals surface area (Å²) in [5, 5.41) is 0.661. The number of hydrogen-bond acceptors (Lipinski definition) is 4. The molecular formula is C24H28ClN5O. The molecule has 0 atom stereocenters. The number of rotatable bonds is 6. The number of benzene rings is 1. The summed E-state index contributed by atoms with van der Waals surface area (Å²) >= 11 is 6.08. The highest BCUT2D eigenvalue weighted by molar-refractivity contribution is 6.30. The molecule has 1 aliphatic rings. The number of halogens is 1. The SMILES string of the molecule is CN(Cc1cn(-c2ccc(Cl)cc2)c(C(=O)N(C)C2CCCCC2)n1)c1ccncc1. The van der Waals surface area contributed by atoms with Crippen LogP contribution in [-0.4, -0.2) is 45.5 Å². The fourth-order valence-corrected chi connectivity index (χ4v) is 4.31. The minimum absolute atomic E-state index is 0.0420. The molecule has 1 aliphatic carbocycles. The Morgan fingerprint density at radius 3 is 2.42 bits per heavy atom. The van der Waals surface area contributed by atoms with E-state index >= 15 is 0 Å². The van der Waals surface area contributed by atoms with E-state index in [-0.39, 0.29) is 11.9 Å². The molecule has 4 rings (SSSR count). The lowest BCUT2D eigenvalue weighted by atomic mass is 9.94. The number of amides is 1. The second-order valence-electron chi connectivity index (χ2n) is 8.17. The third kappa shape index (κ3) is 4.90. The van der Waals surface area contributed by atoms with Gasteiger partial charge in [0.1, 0.15) is 0 Å². The number of carbonyl (C=O) groups is 1. The molecule has 0 unspecified atom stereocenters. The molecule has 3 aromatic rings. The largest absolute Gasteiger partial charge is 0.369 e. The molecule has 0 N–H and O–H groups in total. The molecule has 0 bridgehead atoms. The average Bonchev–Trinajstić information content (AvgIpc) is 3.23. The van der Waals surface area contributed by atoms with Crippen LogP contribution in [0.4, 0.5) is 5.69 Å². The molecule has 0 aliphatic heterocycles. The van der Waals surface area contributed by atoms with Gasteiger partial charge >= 0.3 is 0 Å². The summed E-state index contributed by atoms with van der Waals surface area (Å²) in [6.45, 7) is 0.581. The number of carbonyl (C=O) groups excluding carboxylic acids is 1. The molecule has 162 valence electrons. The highest BCUT2D eigenvalue weighted by Crippen LogP contribution is 2.24. The smallest absolute Gasteiger partial charge is 0.290 e. The van der Waals surface area contributed by atoms with Crippen LogP contribution in [0.5, 0.6) is 0 Å². The van der Waals surface area contributed by atoms with E-state index in [0.717, 1.165) is 29.9 Å². The van der Waals surface area contributed by atoms with Gasteiger partial charge in [-0.25, -0.2) is 4.98 Å². The number of aromatic nitrogens is 3. The minimum Gasteiger partial charge on any atom is -0.369 e. The number of hydrogen-bond donors (Lipinski definition) is 0. The van der Waals surface area contributed by atoms with Crippen molar-refractivity contribution in [3.8, 4) is 5.69 Å². The van der Waals surface area contributed by atoms with Crippen molar-refractivity contribution in [1.29, 1.82) is 0 Å². The van der Waals surface area contributed by atoms with Crippen molar-refractivity contribution in [2.24, 2.45) is 0 Å². The first-order valence-electron chi connectivity index (χ1n) is 10.8. The van der Waals surface area contributed by atoms with Crippen LogP contribution in [0.2, 0.25) is 5.02 Å². The minimum atomic E-state index is -0.0420.